The van der Waals surface area contributed by atoms with E-state index in [1.165, 1.54) is 34.1 Å². The fourth-order valence-corrected chi connectivity index (χ4v) is 6.39. The summed E-state index contributed by atoms with van der Waals surface area (Å²) >= 11 is 0. The summed E-state index contributed by atoms with van der Waals surface area (Å²) in [6.07, 6.45) is 10.2. The van der Waals surface area contributed by atoms with E-state index in [9.17, 15) is 28.7 Å². The van der Waals surface area contributed by atoms with Crippen LogP contribution >= 0.6 is 0 Å². The number of aliphatic hydroxyl groups is 1. The Morgan fingerprint density at radius 2 is 1.98 bits per heavy atom. The SMILES string of the molecule is CC1=C\[C@@H](O)C[C@@H](F)Cc2nc(co2)C(=O)N2CCC[C@@H]2C(=O)O[C@H](C(C)C)[C@H](CC(=O)NCCn2cc(-c3cncc(N)n3)nn2)/C=C/C(=O)NC\C=C\1. The maximum atomic E-state index is 14.8. The molecule has 18 heteroatoms. The normalized spacial score (nSPS) is 25.3. The zero-order valence-corrected chi connectivity index (χ0v) is 31.0. The van der Waals surface area contributed by atoms with Gasteiger partial charge in [0, 0.05) is 38.4 Å². The van der Waals surface area contributed by atoms with Crippen molar-refractivity contribution in [3.8, 4) is 11.4 Å². The summed E-state index contributed by atoms with van der Waals surface area (Å²) in [4.78, 5) is 67.2. The van der Waals surface area contributed by atoms with E-state index in [0.29, 0.717) is 29.8 Å². The zero-order chi connectivity index (χ0) is 39.5. The molecule has 5 heterocycles. The molecule has 0 aliphatic carbocycles. The van der Waals surface area contributed by atoms with Crippen molar-refractivity contribution in [1.29, 1.82) is 0 Å². The van der Waals surface area contributed by atoms with Gasteiger partial charge in [-0.2, -0.15) is 0 Å². The van der Waals surface area contributed by atoms with Gasteiger partial charge < -0.3 is 35.5 Å². The highest BCUT2D eigenvalue weighted by molar-refractivity contribution is 5.95. The second-order valence-corrected chi connectivity index (χ2v) is 13.9. The lowest BCUT2D eigenvalue weighted by atomic mass is 9.89. The fraction of sp³-hybridized carbons (Fsp3) is 0.486. The lowest BCUT2D eigenvalue weighted by Gasteiger charge is -2.30. The summed E-state index contributed by atoms with van der Waals surface area (Å²) in [5.41, 5.74) is 7.21. The van der Waals surface area contributed by atoms with Crippen molar-refractivity contribution >= 4 is 29.5 Å². The number of carbonyl (C=O) groups is 4. The number of oxazole rings is 1. The van der Waals surface area contributed by atoms with Gasteiger partial charge in [0.1, 0.15) is 41.8 Å². The molecular formula is C37H47FN10O7. The van der Waals surface area contributed by atoms with Gasteiger partial charge in [0.05, 0.1) is 37.7 Å². The highest BCUT2D eigenvalue weighted by atomic mass is 19.1. The van der Waals surface area contributed by atoms with Crippen molar-refractivity contribution in [3.63, 3.8) is 0 Å². The summed E-state index contributed by atoms with van der Waals surface area (Å²) in [5, 5.41) is 24.2. The third kappa shape index (κ3) is 11.6. The monoisotopic (exact) mass is 762 g/mol. The van der Waals surface area contributed by atoms with Crippen LogP contribution in [0.2, 0.25) is 0 Å². The molecule has 2 aliphatic rings. The average molecular weight is 763 g/mol. The standard InChI is InChI=1S/C37H47FN10O7/c1-22(2)35-24(15-33(51)42-11-13-47-20-28(45-46-47)27-18-40-19-31(39)43-27)8-9-32(50)41-10-4-6-23(3)14-26(49)16-25(38)17-34-44-29(21-54-34)36(52)48-12-5-7-30(48)37(53)55-35/h4,6,8-9,14,18-22,24-26,30,35,49H,5,7,10-13,15-17H2,1-3H3,(H2,39,43)(H,41,50)(H,42,51)/b6-4+,9-8+,23-14+/t24-,25+,26+,30+,35+/m0/s1. The molecule has 5 atom stereocenters. The van der Waals surface area contributed by atoms with Gasteiger partial charge in [0.2, 0.25) is 11.8 Å². The number of esters is 1. The number of amides is 3. The molecular weight excluding hydrogens is 715 g/mol. The van der Waals surface area contributed by atoms with E-state index in [4.69, 9.17) is 14.9 Å². The van der Waals surface area contributed by atoms with Crippen molar-refractivity contribution in [2.45, 2.75) is 83.8 Å². The van der Waals surface area contributed by atoms with E-state index in [1.807, 2.05) is 13.8 Å². The quantitative estimate of drug-likeness (QED) is 0.253. The molecule has 17 nitrogen and oxygen atoms in total. The third-order valence-electron chi connectivity index (χ3n) is 9.04. The van der Waals surface area contributed by atoms with Gasteiger partial charge in [0.15, 0.2) is 11.6 Å². The Labute approximate surface area is 317 Å². The molecule has 2 aliphatic heterocycles. The van der Waals surface area contributed by atoms with Crippen LogP contribution in [0, 0.1) is 11.8 Å². The van der Waals surface area contributed by atoms with Crippen LogP contribution in [0.15, 0.2) is 65.2 Å². The molecule has 294 valence electrons. The molecule has 0 aromatic carbocycles. The Morgan fingerprint density at radius 1 is 1.16 bits per heavy atom. The number of hydrogen-bond donors (Lipinski definition) is 4. The van der Waals surface area contributed by atoms with Gasteiger partial charge in [-0.3, -0.25) is 24.0 Å². The smallest absolute Gasteiger partial charge is 0.329 e. The summed E-state index contributed by atoms with van der Waals surface area (Å²) in [5.74, 6) is -2.83. The molecule has 0 radical (unpaired) electrons. The molecule has 3 amide bonds. The minimum Gasteiger partial charge on any atom is -0.460 e. The highest BCUT2D eigenvalue weighted by Gasteiger charge is 2.39. The molecule has 0 saturated carbocycles. The van der Waals surface area contributed by atoms with Crippen molar-refractivity contribution in [3.05, 3.63) is 72.4 Å². The minimum atomic E-state index is -1.51. The Hall–Kier alpha value is -5.78. The van der Waals surface area contributed by atoms with Crippen molar-refractivity contribution in [2.75, 3.05) is 25.4 Å². The summed E-state index contributed by atoms with van der Waals surface area (Å²) in [7, 11) is 0. The van der Waals surface area contributed by atoms with Crippen LogP contribution in [0.1, 0.15) is 62.8 Å². The number of fused-ring (bicyclic) bond motifs is 3. The molecule has 55 heavy (non-hydrogen) atoms. The van der Waals surface area contributed by atoms with Crippen molar-refractivity contribution in [2.24, 2.45) is 11.8 Å². The van der Waals surface area contributed by atoms with E-state index < -0.39 is 48.1 Å². The maximum Gasteiger partial charge on any atom is 0.329 e. The Morgan fingerprint density at radius 3 is 2.76 bits per heavy atom. The number of rotatable bonds is 7. The molecule has 0 spiro atoms. The number of hydrogen-bond acceptors (Lipinski definition) is 13. The Kier molecular flexibility index (Phi) is 14.0. The Balaban J connectivity index is 1.32. The molecule has 3 aromatic heterocycles. The Bertz CT molecular complexity index is 1910. The maximum absolute atomic E-state index is 14.8. The van der Waals surface area contributed by atoms with Crippen LogP contribution < -0.4 is 16.4 Å². The number of nitrogens with two attached hydrogens (primary N) is 1. The van der Waals surface area contributed by atoms with Gasteiger partial charge in [-0.05, 0) is 31.8 Å². The average Bonchev–Trinajstić information content (AvgIpc) is 3.92. The minimum absolute atomic E-state index is 0.0115. The number of ether oxygens (including phenoxy) is 1. The van der Waals surface area contributed by atoms with Crippen LogP contribution in [0.5, 0.6) is 0 Å². The predicted octanol–water partition coefficient (Wildman–Crippen LogP) is 2.12. The van der Waals surface area contributed by atoms with Crippen LogP contribution in [0.25, 0.3) is 11.4 Å². The molecule has 5 rings (SSSR count). The molecule has 5 N–H and O–H groups in total. The number of allylic oxidation sites excluding steroid dienone is 2. The first-order chi connectivity index (χ1) is 26.4. The lowest BCUT2D eigenvalue weighted by Crippen LogP contribution is -2.44. The summed E-state index contributed by atoms with van der Waals surface area (Å²) in [6, 6.07) is -0.936. The van der Waals surface area contributed by atoms with Crippen LogP contribution in [0.4, 0.5) is 10.2 Å². The lowest BCUT2D eigenvalue weighted by molar-refractivity contribution is -0.159. The van der Waals surface area contributed by atoms with Gasteiger partial charge in [-0.1, -0.05) is 48.9 Å². The number of cyclic esters (lactones) is 1. The van der Waals surface area contributed by atoms with Gasteiger partial charge >= 0.3 is 5.97 Å². The van der Waals surface area contributed by atoms with E-state index in [0.717, 1.165) is 6.26 Å². The van der Waals surface area contributed by atoms with Gasteiger partial charge in [-0.25, -0.2) is 19.2 Å². The van der Waals surface area contributed by atoms with E-state index in [-0.39, 0.29) is 74.7 Å². The van der Waals surface area contributed by atoms with Crippen molar-refractivity contribution in [1.82, 2.24) is 45.5 Å². The second kappa shape index (κ2) is 19.0. The number of halogens is 1. The van der Waals surface area contributed by atoms with E-state index in [1.54, 1.807) is 31.3 Å². The molecule has 1 saturated heterocycles. The molecule has 1 fully saturated rings. The van der Waals surface area contributed by atoms with Gasteiger partial charge in [-0.15, -0.1) is 5.10 Å². The number of aromatic nitrogens is 6. The second-order valence-electron chi connectivity index (χ2n) is 13.9. The first-order valence-electron chi connectivity index (χ1n) is 18.2. The number of nitrogens with zero attached hydrogens (tertiary/aromatic N) is 7. The van der Waals surface area contributed by atoms with Crippen LogP contribution in [0.3, 0.4) is 0 Å². The van der Waals surface area contributed by atoms with Crippen molar-refractivity contribution < 1.29 is 37.8 Å². The first kappa shape index (κ1) is 40.4. The molecule has 3 aromatic rings. The number of carbonyl (C=O) groups excluding carboxylic acids is 4. The highest BCUT2D eigenvalue weighted by Crippen LogP contribution is 2.27. The number of alkyl halides is 1. The number of anilines is 1. The largest absolute Gasteiger partial charge is 0.460 e. The van der Waals surface area contributed by atoms with E-state index >= 15 is 0 Å². The molecule has 2 bridgehead atoms. The molecule has 0 unspecified atom stereocenters. The fourth-order valence-electron chi connectivity index (χ4n) is 6.39. The van der Waals surface area contributed by atoms with Gasteiger partial charge in [0.25, 0.3) is 5.91 Å². The summed E-state index contributed by atoms with van der Waals surface area (Å²) < 4.78 is 27.9. The third-order valence-corrected chi connectivity index (χ3v) is 9.04. The van der Waals surface area contributed by atoms with E-state index in [2.05, 4.69) is 35.9 Å². The number of nitrogen functional groups attached to an aromatic ring is 1. The summed E-state index contributed by atoms with van der Waals surface area (Å²) in [6.45, 7) is 6.29. The number of nitrogens with one attached hydrogen (secondary N) is 2. The first-order valence-corrected chi connectivity index (χ1v) is 18.2. The van der Waals surface area contributed by atoms with Crippen LogP contribution in [-0.2, 0) is 32.1 Å². The number of aliphatic hydroxyl groups excluding tert-OH is 1. The van der Waals surface area contributed by atoms with Crippen LogP contribution in [-0.4, -0.2) is 108 Å². The predicted molar refractivity (Wildman–Crippen MR) is 196 cm³/mol. The topological polar surface area (TPSA) is 234 Å². The zero-order valence-electron chi connectivity index (χ0n) is 31.0.